The Morgan fingerprint density at radius 2 is 2.41 bits per heavy atom. The molecule has 2 rings (SSSR count). The summed E-state index contributed by atoms with van der Waals surface area (Å²) in [5, 5.41) is 3.34. The first-order chi connectivity index (χ1) is 8.33. The summed E-state index contributed by atoms with van der Waals surface area (Å²) in [4.78, 5) is 16.6. The lowest BCUT2D eigenvalue weighted by molar-refractivity contribution is 0.0926. The SMILES string of the molecule is CCCn1ccnc1C(=O)C1CCCCCN1. The molecule has 0 aromatic carbocycles. The summed E-state index contributed by atoms with van der Waals surface area (Å²) in [6, 6.07) is -0.0319. The molecule has 0 saturated carbocycles. The molecule has 94 valence electrons. The van der Waals surface area contributed by atoms with Gasteiger partial charge in [-0.2, -0.15) is 0 Å². The fraction of sp³-hybridized carbons (Fsp3) is 0.692. The molecular formula is C13H21N3O. The van der Waals surface area contributed by atoms with Gasteiger partial charge < -0.3 is 9.88 Å². The molecule has 1 aliphatic rings. The standard InChI is InChI=1S/C13H21N3O/c1-2-9-16-10-8-15-13(16)12(17)11-6-4-3-5-7-14-11/h8,10-11,14H,2-7,9H2,1H3. The first-order valence-corrected chi connectivity index (χ1v) is 6.61. The van der Waals surface area contributed by atoms with Gasteiger partial charge in [-0.3, -0.25) is 4.79 Å². The van der Waals surface area contributed by atoms with Gasteiger partial charge in [0.25, 0.3) is 0 Å². The number of hydrogen-bond acceptors (Lipinski definition) is 3. The lowest BCUT2D eigenvalue weighted by atomic mass is 10.1. The highest BCUT2D eigenvalue weighted by Crippen LogP contribution is 2.13. The number of aryl methyl sites for hydroxylation is 1. The van der Waals surface area contributed by atoms with Gasteiger partial charge in [0.05, 0.1) is 6.04 Å². The van der Waals surface area contributed by atoms with Gasteiger partial charge in [0.2, 0.25) is 5.78 Å². The van der Waals surface area contributed by atoms with E-state index in [1.54, 1.807) is 6.20 Å². The molecular weight excluding hydrogens is 214 g/mol. The second-order valence-electron chi connectivity index (χ2n) is 4.66. The van der Waals surface area contributed by atoms with Gasteiger partial charge in [-0.25, -0.2) is 4.98 Å². The fourth-order valence-corrected chi connectivity index (χ4v) is 2.36. The number of rotatable bonds is 4. The minimum Gasteiger partial charge on any atom is -0.328 e. The molecule has 1 N–H and O–H groups in total. The number of imidazole rings is 1. The van der Waals surface area contributed by atoms with Crippen molar-refractivity contribution in [2.75, 3.05) is 6.54 Å². The Hall–Kier alpha value is -1.16. The molecule has 0 amide bonds. The van der Waals surface area contributed by atoms with Crippen molar-refractivity contribution in [3.8, 4) is 0 Å². The van der Waals surface area contributed by atoms with E-state index in [9.17, 15) is 4.79 Å². The molecule has 17 heavy (non-hydrogen) atoms. The number of carbonyl (C=O) groups is 1. The Bertz CT molecular complexity index is 364. The number of carbonyl (C=O) groups excluding carboxylic acids is 1. The summed E-state index contributed by atoms with van der Waals surface area (Å²) in [7, 11) is 0. The van der Waals surface area contributed by atoms with Crippen molar-refractivity contribution in [1.29, 1.82) is 0 Å². The minimum absolute atomic E-state index is 0.0319. The maximum Gasteiger partial charge on any atom is 0.215 e. The molecule has 0 aliphatic carbocycles. The Morgan fingerprint density at radius 3 is 3.24 bits per heavy atom. The van der Waals surface area contributed by atoms with Crippen molar-refractivity contribution in [3.63, 3.8) is 0 Å². The Morgan fingerprint density at radius 1 is 1.53 bits per heavy atom. The molecule has 1 fully saturated rings. The van der Waals surface area contributed by atoms with E-state index in [0.717, 1.165) is 32.4 Å². The summed E-state index contributed by atoms with van der Waals surface area (Å²) >= 11 is 0. The molecule has 1 aliphatic heterocycles. The third-order valence-corrected chi connectivity index (χ3v) is 3.28. The van der Waals surface area contributed by atoms with Crippen LogP contribution in [0.25, 0.3) is 0 Å². The van der Waals surface area contributed by atoms with Gasteiger partial charge in [-0.05, 0) is 25.8 Å². The van der Waals surface area contributed by atoms with Crippen LogP contribution < -0.4 is 5.32 Å². The third-order valence-electron chi connectivity index (χ3n) is 3.28. The van der Waals surface area contributed by atoms with Crippen molar-refractivity contribution in [2.45, 2.75) is 51.6 Å². The van der Waals surface area contributed by atoms with E-state index in [0.29, 0.717) is 5.82 Å². The maximum absolute atomic E-state index is 12.4. The largest absolute Gasteiger partial charge is 0.328 e. The van der Waals surface area contributed by atoms with E-state index < -0.39 is 0 Å². The van der Waals surface area contributed by atoms with E-state index in [1.165, 1.54) is 12.8 Å². The summed E-state index contributed by atoms with van der Waals surface area (Å²) in [5.74, 6) is 0.775. The van der Waals surface area contributed by atoms with Crippen LogP contribution in [-0.2, 0) is 6.54 Å². The predicted molar refractivity (Wildman–Crippen MR) is 67.1 cm³/mol. The van der Waals surface area contributed by atoms with Crippen LogP contribution in [-0.4, -0.2) is 27.9 Å². The average Bonchev–Trinajstić information content (AvgIpc) is 2.63. The lowest BCUT2D eigenvalue weighted by Gasteiger charge is -2.14. The number of ketones is 1. The monoisotopic (exact) mass is 235 g/mol. The number of nitrogens with zero attached hydrogens (tertiary/aromatic N) is 2. The molecule has 1 aromatic rings. The molecule has 0 bridgehead atoms. The summed E-state index contributed by atoms with van der Waals surface area (Å²) < 4.78 is 1.97. The zero-order chi connectivity index (χ0) is 12.1. The van der Waals surface area contributed by atoms with Gasteiger partial charge in [0.1, 0.15) is 0 Å². The van der Waals surface area contributed by atoms with Crippen molar-refractivity contribution < 1.29 is 4.79 Å². The number of hydrogen-bond donors (Lipinski definition) is 1. The number of nitrogens with one attached hydrogen (secondary N) is 1. The highest BCUT2D eigenvalue weighted by Gasteiger charge is 2.24. The zero-order valence-electron chi connectivity index (χ0n) is 10.5. The minimum atomic E-state index is -0.0319. The van der Waals surface area contributed by atoms with Crippen LogP contribution >= 0.6 is 0 Å². The van der Waals surface area contributed by atoms with Gasteiger partial charge in [-0.1, -0.05) is 19.8 Å². The zero-order valence-corrected chi connectivity index (χ0v) is 10.5. The first-order valence-electron chi connectivity index (χ1n) is 6.61. The molecule has 0 radical (unpaired) electrons. The van der Waals surface area contributed by atoms with Crippen molar-refractivity contribution >= 4 is 5.78 Å². The van der Waals surface area contributed by atoms with E-state index in [2.05, 4.69) is 17.2 Å². The fourth-order valence-electron chi connectivity index (χ4n) is 2.36. The smallest absolute Gasteiger partial charge is 0.215 e. The van der Waals surface area contributed by atoms with Gasteiger partial charge >= 0.3 is 0 Å². The van der Waals surface area contributed by atoms with Gasteiger partial charge in [0, 0.05) is 18.9 Å². The highest BCUT2D eigenvalue weighted by atomic mass is 16.1. The quantitative estimate of drug-likeness (QED) is 0.812. The molecule has 1 atom stereocenters. The van der Waals surface area contributed by atoms with Crippen LogP contribution in [0.1, 0.15) is 49.6 Å². The van der Waals surface area contributed by atoms with Crippen LogP contribution in [0.5, 0.6) is 0 Å². The Kier molecular flexibility index (Phi) is 4.31. The second-order valence-corrected chi connectivity index (χ2v) is 4.66. The van der Waals surface area contributed by atoms with E-state index in [-0.39, 0.29) is 11.8 Å². The summed E-state index contributed by atoms with van der Waals surface area (Å²) in [5.41, 5.74) is 0. The Labute approximate surface area is 102 Å². The summed E-state index contributed by atoms with van der Waals surface area (Å²) in [6.45, 7) is 3.93. The molecule has 0 spiro atoms. The highest BCUT2D eigenvalue weighted by molar-refractivity contribution is 5.97. The van der Waals surface area contributed by atoms with Crippen molar-refractivity contribution in [3.05, 3.63) is 18.2 Å². The second kappa shape index (κ2) is 5.96. The third kappa shape index (κ3) is 2.94. The molecule has 1 saturated heterocycles. The van der Waals surface area contributed by atoms with E-state index in [1.807, 2.05) is 10.8 Å². The number of Topliss-reactive ketones (excluding diaryl/α,β-unsaturated/α-hetero) is 1. The normalized spacial score (nSPS) is 21.1. The lowest BCUT2D eigenvalue weighted by Crippen LogP contribution is -2.37. The molecule has 1 unspecified atom stereocenters. The average molecular weight is 235 g/mol. The maximum atomic E-state index is 12.4. The molecule has 4 heteroatoms. The van der Waals surface area contributed by atoms with Gasteiger partial charge in [-0.15, -0.1) is 0 Å². The summed E-state index contributed by atoms with van der Waals surface area (Å²) in [6.07, 6.45) is 9.12. The van der Waals surface area contributed by atoms with Gasteiger partial charge in [0.15, 0.2) is 5.82 Å². The van der Waals surface area contributed by atoms with E-state index >= 15 is 0 Å². The van der Waals surface area contributed by atoms with Crippen molar-refractivity contribution in [2.24, 2.45) is 0 Å². The molecule has 1 aromatic heterocycles. The van der Waals surface area contributed by atoms with Crippen LogP contribution in [0.2, 0.25) is 0 Å². The first kappa shape index (κ1) is 12.3. The van der Waals surface area contributed by atoms with Crippen LogP contribution in [0.15, 0.2) is 12.4 Å². The van der Waals surface area contributed by atoms with Crippen LogP contribution in [0.4, 0.5) is 0 Å². The molecule has 4 nitrogen and oxygen atoms in total. The predicted octanol–water partition coefficient (Wildman–Crippen LogP) is 2.01. The molecule has 2 heterocycles. The van der Waals surface area contributed by atoms with E-state index in [4.69, 9.17) is 0 Å². The van der Waals surface area contributed by atoms with Crippen LogP contribution in [0, 0.1) is 0 Å². The van der Waals surface area contributed by atoms with Crippen LogP contribution in [0.3, 0.4) is 0 Å². The van der Waals surface area contributed by atoms with Crippen molar-refractivity contribution in [1.82, 2.24) is 14.9 Å². The topological polar surface area (TPSA) is 46.9 Å². The Balaban J connectivity index is 2.09. The number of aromatic nitrogens is 2.